The van der Waals surface area contributed by atoms with Gasteiger partial charge in [-0.1, -0.05) is 12.7 Å². The lowest BCUT2D eigenvalue weighted by molar-refractivity contribution is 0.192. The first-order chi connectivity index (χ1) is 7.21. The van der Waals surface area contributed by atoms with Crippen molar-refractivity contribution < 1.29 is 14.2 Å². The average molecular weight is 213 g/mol. The van der Waals surface area contributed by atoms with E-state index < -0.39 is 0 Å². The summed E-state index contributed by atoms with van der Waals surface area (Å²) in [6.45, 7) is 4.30. The third-order valence-electron chi connectivity index (χ3n) is 1.75. The van der Waals surface area contributed by atoms with E-state index in [4.69, 9.17) is 19.9 Å². The molecule has 0 unspecified atom stereocenters. The van der Waals surface area contributed by atoms with E-state index in [1.54, 1.807) is 13.2 Å². The number of allylic oxidation sites excluding steroid dienone is 1. The van der Waals surface area contributed by atoms with Crippen molar-refractivity contribution >= 4 is 0 Å². The predicted octanol–water partition coefficient (Wildman–Crippen LogP) is 1.56. The molecule has 0 saturated heterocycles. The standard InChI is InChI=1S/C11H19NO3/c1-9(13-2)11(15-4)10(14-3)7-5-6-8-12/h5,7H,1,6,8,12H2,2-4H3/b7-5+,11-10-. The molecule has 4 heteroatoms. The number of nitrogens with two attached hydrogens (primary N) is 1. The zero-order valence-corrected chi connectivity index (χ0v) is 9.58. The Morgan fingerprint density at radius 3 is 2.27 bits per heavy atom. The highest BCUT2D eigenvalue weighted by Gasteiger charge is 2.09. The zero-order valence-electron chi connectivity index (χ0n) is 9.58. The normalized spacial score (nSPS) is 12.3. The van der Waals surface area contributed by atoms with E-state index in [0.29, 0.717) is 23.8 Å². The van der Waals surface area contributed by atoms with Crippen LogP contribution in [0.25, 0.3) is 0 Å². The molecule has 0 aliphatic heterocycles. The summed E-state index contributed by atoms with van der Waals surface area (Å²) in [5.74, 6) is 1.47. The topological polar surface area (TPSA) is 53.7 Å². The molecule has 15 heavy (non-hydrogen) atoms. The molecular weight excluding hydrogens is 194 g/mol. The largest absolute Gasteiger partial charge is 0.493 e. The molecule has 4 nitrogen and oxygen atoms in total. The maximum absolute atomic E-state index is 5.37. The molecule has 0 radical (unpaired) electrons. The molecule has 0 heterocycles. The monoisotopic (exact) mass is 213 g/mol. The molecule has 0 aromatic carbocycles. The molecule has 0 spiro atoms. The van der Waals surface area contributed by atoms with Crippen LogP contribution in [0.4, 0.5) is 0 Å². The molecule has 0 aromatic rings. The van der Waals surface area contributed by atoms with E-state index in [1.165, 1.54) is 14.2 Å². The highest BCUT2D eigenvalue weighted by atomic mass is 16.5. The van der Waals surface area contributed by atoms with Crippen LogP contribution in [0.2, 0.25) is 0 Å². The SMILES string of the molecule is C=C(OC)/C(OC)=C(\C=C\CCN)OC. The molecular formula is C11H19NO3. The Morgan fingerprint density at radius 1 is 1.20 bits per heavy atom. The van der Waals surface area contributed by atoms with Gasteiger partial charge in [-0.15, -0.1) is 0 Å². The minimum Gasteiger partial charge on any atom is -0.493 e. The van der Waals surface area contributed by atoms with Crippen LogP contribution in [0.15, 0.2) is 36.0 Å². The quantitative estimate of drug-likeness (QED) is 0.515. The summed E-state index contributed by atoms with van der Waals surface area (Å²) in [6.07, 6.45) is 4.47. The molecule has 2 N–H and O–H groups in total. The van der Waals surface area contributed by atoms with E-state index in [9.17, 15) is 0 Å². The van der Waals surface area contributed by atoms with Crippen molar-refractivity contribution in [3.8, 4) is 0 Å². The van der Waals surface area contributed by atoms with Crippen LogP contribution in [0.5, 0.6) is 0 Å². The van der Waals surface area contributed by atoms with Gasteiger partial charge in [0.1, 0.15) is 0 Å². The van der Waals surface area contributed by atoms with Crippen LogP contribution in [0, 0.1) is 0 Å². The van der Waals surface area contributed by atoms with E-state index in [2.05, 4.69) is 6.58 Å². The van der Waals surface area contributed by atoms with Gasteiger partial charge < -0.3 is 19.9 Å². The van der Waals surface area contributed by atoms with Gasteiger partial charge in [0.25, 0.3) is 0 Å². The lowest BCUT2D eigenvalue weighted by atomic mass is 10.3. The van der Waals surface area contributed by atoms with Crippen molar-refractivity contribution in [3.63, 3.8) is 0 Å². The minimum absolute atomic E-state index is 0.423. The maximum atomic E-state index is 5.37. The van der Waals surface area contributed by atoms with Gasteiger partial charge in [-0.3, -0.25) is 0 Å². The summed E-state index contributed by atoms with van der Waals surface area (Å²) in [6, 6.07) is 0. The second-order valence-electron chi connectivity index (χ2n) is 2.71. The highest BCUT2D eigenvalue weighted by molar-refractivity contribution is 5.27. The number of hydrogen-bond acceptors (Lipinski definition) is 4. The number of ether oxygens (including phenoxy) is 3. The minimum atomic E-state index is 0.423. The van der Waals surface area contributed by atoms with Crippen LogP contribution < -0.4 is 5.73 Å². The first-order valence-corrected chi connectivity index (χ1v) is 4.63. The third kappa shape index (κ3) is 4.56. The van der Waals surface area contributed by atoms with Crippen LogP contribution in [-0.4, -0.2) is 27.9 Å². The van der Waals surface area contributed by atoms with Gasteiger partial charge in [-0.05, 0) is 19.0 Å². The molecule has 0 rings (SSSR count). The summed E-state index contributed by atoms with van der Waals surface area (Å²) in [5, 5.41) is 0. The zero-order chi connectivity index (χ0) is 11.7. The second kappa shape index (κ2) is 7.94. The van der Waals surface area contributed by atoms with Crippen molar-refractivity contribution in [2.24, 2.45) is 5.73 Å². The lowest BCUT2D eigenvalue weighted by Gasteiger charge is -2.11. The fourth-order valence-electron chi connectivity index (χ4n) is 0.968. The fourth-order valence-corrected chi connectivity index (χ4v) is 0.968. The van der Waals surface area contributed by atoms with Gasteiger partial charge in [-0.25, -0.2) is 0 Å². The number of hydrogen-bond donors (Lipinski definition) is 1. The Hall–Kier alpha value is -1.42. The third-order valence-corrected chi connectivity index (χ3v) is 1.75. The predicted molar refractivity (Wildman–Crippen MR) is 60.0 cm³/mol. The summed E-state index contributed by atoms with van der Waals surface area (Å²) in [5.41, 5.74) is 5.37. The first kappa shape index (κ1) is 13.6. The van der Waals surface area contributed by atoms with Gasteiger partial charge >= 0.3 is 0 Å². The van der Waals surface area contributed by atoms with Gasteiger partial charge in [-0.2, -0.15) is 0 Å². The fraction of sp³-hybridized carbons (Fsp3) is 0.455. The van der Waals surface area contributed by atoms with Gasteiger partial charge in [0, 0.05) is 0 Å². The van der Waals surface area contributed by atoms with Gasteiger partial charge in [0.2, 0.25) is 5.76 Å². The van der Waals surface area contributed by atoms with E-state index in [1.807, 2.05) is 6.08 Å². The van der Waals surface area contributed by atoms with Gasteiger partial charge in [0.15, 0.2) is 11.5 Å². The Morgan fingerprint density at radius 2 is 1.87 bits per heavy atom. The molecule has 0 aliphatic rings. The van der Waals surface area contributed by atoms with Crippen LogP contribution in [-0.2, 0) is 14.2 Å². The molecule has 0 aromatic heterocycles. The smallest absolute Gasteiger partial charge is 0.202 e. The van der Waals surface area contributed by atoms with Crippen molar-refractivity contribution in [1.82, 2.24) is 0 Å². The molecule has 86 valence electrons. The molecule has 0 bridgehead atoms. The number of methoxy groups -OCH3 is 3. The Labute approximate surface area is 91.0 Å². The van der Waals surface area contributed by atoms with Gasteiger partial charge in [0.05, 0.1) is 21.3 Å². The molecule has 0 saturated carbocycles. The molecule has 0 fully saturated rings. The van der Waals surface area contributed by atoms with Crippen LogP contribution in [0.3, 0.4) is 0 Å². The second-order valence-corrected chi connectivity index (χ2v) is 2.71. The molecule has 0 amide bonds. The van der Waals surface area contributed by atoms with E-state index in [0.717, 1.165) is 6.42 Å². The first-order valence-electron chi connectivity index (χ1n) is 4.63. The lowest BCUT2D eigenvalue weighted by Crippen LogP contribution is -2.00. The van der Waals surface area contributed by atoms with Crippen molar-refractivity contribution in [2.75, 3.05) is 27.9 Å². The van der Waals surface area contributed by atoms with E-state index >= 15 is 0 Å². The Balaban J connectivity index is 4.81. The van der Waals surface area contributed by atoms with E-state index in [-0.39, 0.29) is 0 Å². The Bertz CT molecular complexity index is 257. The molecule has 0 aliphatic carbocycles. The van der Waals surface area contributed by atoms with Crippen molar-refractivity contribution in [2.45, 2.75) is 6.42 Å². The average Bonchev–Trinajstić information content (AvgIpc) is 2.27. The van der Waals surface area contributed by atoms with Crippen molar-refractivity contribution in [3.05, 3.63) is 36.0 Å². The summed E-state index contributed by atoms with van der Waals surface area (Å²) in [4.78, 5) is 0. The summed E-state index contributed by atoms with van der Waals surface area (Å²) < 4.78 is 15.3. The van der Waals surface area contributed by atoms with Crippen molar-refractivity contribution in [1.29, 1.82) is 0 Å². The van der Waals surface area contributed by atoms with Crippen LogP contribution in [0.1, 0.15) is 6.42 Å². The maximum Gasteiger partial charge on any atom is 0.202 e. The Kier molecular flexibility index (Phi) is 7.18. The summed E-state index contributed by atoms with van der Waals surface area (Å²) in [7, 11) is 4.62. The highest BCUT2D eigenvalue weighted by Crippen LogP contribution is 2.16. The van der Waals surface area contributed by atoms with Crippen LogP contribution >= 0.6 is 0 Å². The summed E-state index contributed by atoms with van der Waals surface area (Å²) >= 11 is 0. The number of rotatable bonds is 7. The molecule has 0 atom stereocenters.